The van der Waals surface area contributed by atoms with Crippen LogP contribution < -0.4 is 0 Å². The standard InChI is InChI=1S/C7H15N2O/c1-8-4-5-9(2)7(8)3-6-10/h10H,3-6H2,1-2H3/q+1. The number of nitrogens with zero attached hydrogens (tertiary/aromatic N) is 2. The van der Waals surface area contributed by atoms with Crippen LogP contribution in [0.4, 0.5) is 0 Å². The third-order valence-electron chi connectivity index (χ3n) is 1.99. The predicted molar refractivity (Wildman–Crippen MR) is 40.4 cm³/mol. The average molecular weight is 143 g/mol. The van der Waals surface area contributed by atoms with Crippen molar-refractivity contribution in [1.82, 2.24) is 4.90 Å². The van der Waals surface area contributed by atoms with Gasteiger partial charge in [0.25, 0.3) is 0 Å². The molecule has 1 rings (SSSR count). The van der Waals surface area contributed by atoms with Gasteiger partial charge in [-0.3, -0.25) is 9.48 Å². The van der Waals surface area contributed by atoms with Crippen molar-refractivity contribution < 1.29 is 9.68 Å². The molecule has 0 aromatic heterocycles. The van der Waals surface area contributed by atoms with Crippen molar-refractivity contribution in [2.75, 3.05) is 33.8 Å². The normalized spacial score (nSPS) is 18.9. The second-order valence-corrected chi connectivity index (χ2v) is 2.73. The third-order valence-corrected chi connectivity index (χ3v) is 1.99. The molecule has 1 aliphatic heterocycles. The van der Waals surface area contributed by atoms with Crippen molar-refractivity contribution in [2.45, 2.75) is 6.42 Å². The lowest BCUT2D eigenvalue weighted by Gasteiger charge is -2.03. The van der Waals surface area contributed by atoms with Gasteiger partial charge < -0.3 is 5.11 Å². The predicted octanol–water partition coefficient (Wildman–Crippen LogP) is -0.645. The molecule has 0 unspecified atom stereocenters. The number of aliphatic hydroxyl groups excluding tert-OH is 1. The summed E-state index contributed by atoms with van der Waals surface area (Å²) in [6.07, 6.45) is 0.785. The lowest BCUT2D eigenvalue weighted by atomic mass is 10.4. The SMILES string of the molecule is CN1CC[N+](C)=C1CCO. The lowest BCUT2D eigenvalue weighted by molar-refractivity contribution is -0.487. The maximum absolute atomic E-state index is 8.69. The Kier molecular flexibility index (Phi) is 2.27. The molecule has 3 heteroatoms. The molecule has 3 nitrogen and oxygen atoms in total. The Hall–Kier alpha value is -0.570. The Morgan fingerprint density at radius 1 is 1.70 bits per heavy atom. The second-order valence-electron chi connectivity index (χ2n) is 2.73. The van der Waals surface area contributed by atoms with E-state index in [9.17, 15) is 0 Å². The van der Waals surface area contributed by atoms with Crippen LogP contribution in [0.5, 0.6) is 0 Å². The van der Waals surface area contributed by atoms with E-state index < -0.39 is 0 Å². The van der Waals surface area contributed by atoms with Gasteiger partial charge in [-0.2, -0.15) is 0 Å². The van der Waals surface area contributed by atoms with Crippen molar-refractivity contribution in [3.8, 4) is 0 Å². The summed E-state index contributed by atoms with van der Waals surface area (Å²) in [5.41, 5.74) is 0. The summed E-state index contributed by atoms with van der Waals surface area (Å²) in [7, 11) is 4.13. The molecule has 0 aliphatic carbocycles. The van der Waals surface area contributed by atoms with E-state index in [1.165, 1.54) is 5.84 Å². The molecule has 10 heavy (non-hydrogen) atoms. The van der Waals surface area contributed by atoms with Crippen molar-refractivity contribution in [3.63, 3.8) is 0 Å². The van der Waals surface area contributed by atoms with E-state index in [1.54, 1.807) is 0 Å². The van der Waals surface area contributed by atoms with Crippen LogP contribution in [0.3, 0.4) is 0 Å². The minimum absolute atomic E-state index is 0.254. The second kappa shape index (κ2) is 3.01. The summed E-state index contributed by atoms with van der Waals surface area (Å²) < 4.78 is 2.19. The summed E-state index contributed by atoms with van der Waals surface area (Å²) in [6.45, 7) is 2.43. The quantitative estimate of drug-likeness (QED) is 0.520. The van der Waals surface area contributed by atoms with Crippen LogP contribution in [0.25, 0.3) is 0 Å². The van der Waals surface area contributed by atoms with Gasteiger partial charge in [0.2, 0.25) is 5.84 Å². The Morgan fingerprint density at radius 3 is 2.80 bits per heavy atom. The highest BCUT2D eigenvalue weighted by Crippen LogP contribution is 1.99. The largest absolute Gasteiger partial charge is 0.396 e. The molecule has 0 aromatic carbocycles. The smallest absolute Gasteiger partial charge is 0.248 e. The van der Waals surface area contributed by atoms with E-state index in [0.717, 1.165) is 19.5 Å². The maximum atomic E-state index is 8.69. The molecule has 0 fully saturated rings. The van der Waals surface area contributed by atoms with Crippen LogP contribution in [0.15, 0.2) is 0 Å². The average Bonchev–Trinajstić information content (AvgIpc) is 2.20. The van der Waals surface area contributed by atoms with Crippen LogP contribution in [-0.4, -0.2) is 54.2 Å². The van der Waals surface area contributed by atoms with Crippen molar-refractivity contribution in [2.24, 2.45) is 0 Å². The van der Waals surface area contributed by atoms with Crippen LogP contribution in [0.2, 0.25) is 0 Å². The van der Waals surface area contributed by atoms with Gasteiger partial charge in [-0.05, 0) is 0 Å². The van der Waals surface area contributed by atoms with Gasteiger partial charge in [0.05, 0.1) is 27.1 Å². The monoisotopic (exact) mass is 143 g/mol. The number of hydrogen-bond donors (Lipinski definition) is 1. The van der Waals surface area contributed by atoms with Gasteiger partial charge >= 0.3 is 0 Å². The molecule has 1 aliphatic rings. The Labute approximate surface area is 61.6 Å². The molecule has 0 radical (unpaired) electrons. The minimum Gasteiger partial charge on any atom is -0.396 e. The molecule has 0 spiro atoms. The highest BCUT2D eigenvalue weighted by molar-refractivity contribution is 5.78. The van der Waals surface area contributed by atoms with Gasteiger partial charge in [0.1, 0.15) is 13.1 Å². The van der Waals surface area contributed by atoms with Crippen LogP contribution >= 0.6 is 0 Å². The zero-order valence-corrected chi connectivity index (χ0v) is 6.67. The van der Waals surface area contributed by atoms with E-state index in [1.807, 2.05) is 0 Å². The summed E-state index contributed by atoms with van der Waals surface area (Å²) in [4.78, 5) is 2.19. The molecule has 0 saturated heterocycles. The van der Waals surface area contributed by atoms with Crippen LogP contribution in [-0.2, 0) is 0 Å². The first-order valence-corrected chi connectivity index (χ1v) is 3.64. The molecule has 0 aromatic rings. The van der Waals surface area contributed by atoms with Crippen molar-refractivity contribution in [3.05, 3.63) is 0 Å². The molecule has 0 amide bonds. The summed E-state index contributed by atoms with van der Waals surface area (Å²) in [5, 5.41) is 8.69. The fourth-order valence-electron chi connectivity index (χ4n) is 1.33. The van der Waals surface area contributed by atoms with Crippen LogP contribution in [0.1, 0.15) is 6.42 Å². The van der Waals surface area contributed by atoms with Gasteiger partial charge in [0.15, 0.2) is 0 Å². The van der Waals surface area contributed by atoms with Crippen molar-refractivity contribution in [1.29, 1.82) is 0 Å². The zero-order chi connectivity index (χ0) is 7.56. The van der Waals surface area contributed by atoms with E-state index in [-0.39, 0.29) is 6.61 Å². The van der Waals surface area contributed by atoms with Gasteiger partial charge in [-0.15, -0.1) is 0 Å². The lowest BCUT2D eigenvalue weighted by Crippen LogP contribution is -2.25. The van der Waals surface area contributed by atoms with Gasteiger partial charge in [-0.1, -0.05) is 0 Å². The van der Waals surface area contributed by atoms with Crippen LogP contribution in [0, 0.1) is 0 Å². The number of likely N-dealkylation sites (N-methyl/N-ethyl adjacent to an activating group) is 2. The van der Waals surface area contributed by atoms with E-state index in [2.05, 4.69) is 23.6 Å². The van der Waals surface area contributed by atoms with Gasteiger partial charge in [0, 0.05) is 0 Å². The highest BCUT2D eigenvalue weighted by Gasteiger charge is 2.22. The molecule has 0 atom stereocenters. The first-order valence-electron chi connectivity index (χ1n) is 3.64. The highest BCUT2D eigenvalue weighted by atomic mass is 16.3. The molecular weight excluding hydrogens is 128 g/mol. The Bertz CT molecular complexity index is 154. The minimum atomic E-state index is 0.254. The molecule has 58 valence electrons. The first-order chi connectivity index (χ1) is 4.75. The summed E-state index contributed by atoms with van der Waals surface area (Å²) >= 11 is 0. The van der Waals surface area contributed by atoms with E-state index in [0.29, 0.717) is 0 Å². The third kappa shape index (κ3) is 1.29. The summed E-state index contributed by atoms with van der Waals surface area (Å²) in [6, 6.07) is 0. The Morgan fingerprint density at radius 2 is 2.40 bits per heavy atom. The zero-order valence-electron chi connectivity index (χ0n) is 6.67. The maximum Gasteiger partial charge on any atom is 0.248 e. The number of rotatable bonds is 2. The Balaban J connectivity index is 2.59. The molecule has 1 heterocycles. The fraction of sp³-hybridized carbons (Fsp3) is 0.857. The first kappa shape index (κ1) is 7.54. The number of hydrogen-bond acceptors (Lipinski definition) is 2. The van der Waals surface area contributed by atoms with Crippen molar-refractivity contribution >= 4 is 5.84 Å². The molecule has 1 N–H and O–H groups in total. The van der Waals surface area contributed by atoms with E-state index in [4.69, 9.17) is 5.11 Å². The molecule has 0 bridgehead atoms. The number of amidine groups is 1. The molecule has 0 saturated carbocycles. The fourth-order valence-corrected chi connectivity index (χ4v) is 1.33. The summed E-state index contributed by atoms with van der Waals surface area (Å²) in [5.74, 6) is 1.25. The van der Waals surface area contributed by atoms with Gasteiger partial charge in [-0.25, -0.2) is 0 Å². The molecular formula is C7H15N2O+. The van der Waals surface area contributed by atoms with E-state index >= 15 is 0 Å². The topological polar surface area (TPSA) is 26.5 Å². The number of aliphatic hydroxyl groups is 1.